The summed E-state index contributed by atoms with van der Waals surface area (Å²) in [5, 5.41) is 4.05. The molecule has 0 N–H and O–H groups in total. The first-order chi connectivity index (χ1) is 3.00. The largest absolute Gasteiger partial charge is 0.659 e. The summed E-state index contributed by atoms with van der Waals surface area (Å²) in [6.45, 7) is 3.47. The second kappa shape index (κ2) is 4.70. The standard InChI is InChI=1S/C4H8NO.Zn/c1-3-6-4-2-5-1;/h1-4H2;/q-1;. The molecule has 0 spiro atoms. The summed E-state index contributed by atoms with van der Waals surface area (Å²) in [7, 11) is 0. The zero-order valence-corrected chi connectivity index (χ0v) is 7.36. The van der Waals surface area contributed by atoms with Gasteiger partial charge in [-0.2, -0.15) is 0 Å². The zero-order chi connectivity index (χ0) is 4.24. The molecule has 3 heteroatoms. The van der Waals surface area contributed by atoms with Crippen molar-refractivity contribution in [1.29, 1.82) is 0 Å². The van der Waals surface area contributed by atoms with E-state index < -0.39 is 0 Å². The van der Waals surface area contributed by atoms with Gasteiger partial charge in [0.15, 0.2) is 0 Å². The summed E-state index contributed by atoms with van der Waals surface area (Å²) < 4.78 is 4.98. The smallest absolute Gasteiger partial charge is 0.0277 e. The van der Waals surface area contributed by atoms with E-state index in [1.165, 1.54) is 0 Å². The van der Waals surface area contributed by atoms with Gasteiger partial charge in [0.05, 0.1) is 0 Å². The number of hydrogen-bond acceptors (Lipinski definition) is 1. The molecule has 1 fully saturated rings. The third-order valence-corrected chi connectivity index (χ3v) is 0.787. The number of hydrogen-bond donors (Lipinski definition) is 0. The van der Waals surface area contributed by atoms with Gasteiger partial charge >= 0.3 is 0 Å². The molecule has 1 rings (SSSR count). The SMILES string of the molecule is C1COCC[N-]1.[Zn]. The van der Waals surface area contributed by atoms with Crippen LogP contribution < -0.4 is 0 Å². The number of nitrogens with zero attached hydrogens (tertiary/aromatic N) is 1. The van der Waals surface area contributed by atoms with Crippen LogP contribution >= 0.6 is 0 Å². The Morgan fingerprint density at radius 1 is 1.14 bits per heavy atom. The Balaban J connectivity index is 0.000000360. The fourth-order valence-corrected chi connectivity index (χ4v) is 0.472. The van der Waals surface area contributed by atoms with Gasteiger partial charge in [-0.1, -0.05) is 0 Å². The molecule has 7 heavy (non-hydrogen) atoms. The normalized spacial score (nSPS) is 20.6. The topological polar surface area (TPSA) is 23.3 Å². The quantitative estimate of drug-likeness (QED) is 0.460. The van der Waals surface area contributed by atoms with Crippen molar-refractivity contribution in [3.63, 3.8) is 0 Å². The van der Waals surface area contributed by atoms with E-state index in [1.54, 1.807) is 0 Å². The average Bonchev–Trinajstić information content (AvgIpc) is 1.72. The molecular formula is C4H8NOZn-. The molecule has 38 valence electrons. The van der Waals surface area contributed by atoms with Gasteiger partial charge in [0.25, 0.3) is 0 Å². The Bertz CT molecular complexity index is 27.2. The second-order valence-electron chi connectivity index (χ2n) is 1.28. The zero-order valence-electron chi connectivity index (χ0n) is 4.39. The van der Waals surface area contributed by atoms with Gasteiger partial charge in [-0.05, 0) is 0 Å². The first kappa shape index (κ1) is 7.54. The molecule has 0 aliphatic carbocycles. The molecule has 0 radical (unpaired) electrons. The van der Waals surface area contributed by atoms with E-state index in [9.17, 15) is 0 Å². The molecule has 0 amide bonds. The molecule has 1 heterocycles. The van der Waals surface area contributed by atoms with Crippen LogP contribution in [0.2, 0.25) is 0 Å². The summed E-state index contributed by atoms with van der Waals surface area (Å²) in [5.41, 5.74) is 0. The third-order valence-electron chi connectivity index (χ3n) is 0.787. The van der Waals surface area contributed by atoms with Crippen LogP contribution in [0.4, 0.5) is 0 Å². The predicted molar refractivity (Wildman–Crippen MR) is 23.9 cm³/mol. The van der Waals surface area contributed by atoms with Crippen LogP contribution in [0.15, 0.2) is 0 Å². The van der Waals surface area contributed by atoms with E-state index in [-0.39, 0.29) is 19.5 Å². The van der Waals surface area contributed by atoms with Gasteiger partial charge in [-0.15, -0.1) is 13.1 Å². The van der Waals surface area contributed by atoms with Crippen LogP contribution in [0.5, 0.6) is 0 Å². The minimum absolute atomic E-state index is 0. The maximum atomic E-state index is 4.98. The van der Waals surface area contributed by atoms with E-state index in [0.29, 0.717) is 0 Å². The molecule has 1 saturated heterocycles. The molecular weight excluding hydrogens is 143 g/mol. The van der Waals surface area contributed by atoms with Gasteiger partial charge in [0.2, 0.25) is 0 Å². The third kappa shape index (κ3) is 3.15. The molecule has 0 saturated carbocycles. The van der Waals surface area contributed by atoms with Crippen LogP contribution in [0, 0.1) is 0 Å². The fraction of sp³-hybridized carbons (Fsp3) is 1.00. The van der Waals surface area contributed by atoms with Crippen molar-refractivity contribution in [2.75, 3.05) is 26.3 Å². The van der Waals surface area contributed by atoms with Gasteiger partial charge in [-0.3, -0.25) is 0 Å². The van der Waals surface area contributed by atoms with Crippen molar-refractivity contribution in [2.24, 2.45) is 0 Å². The number of rotatable bonds is 0. The molecule has 0 aromatic heterocycles. The van der Waals surface area contributed by atoms with Gasteiger partial charge in [0, 0.05) is 32.7 Å². The maximum Gasteiger partial charge on any atom is 0.0277 e. The molecule has 0 unspecified atom stereocenters. The van der Waals surface area contributed by atoms with Crippen molar-refractivity contribution < 1.29 is 24.2 Å². The van der Waals surface area contributed by atoms with Crippen LogP contribution in [-0.2, 0) is 24.2 Å². The van der Waals surface area contributed by atoms with Crippen LogP contribution in [0.3, 0.4) is 0 Å². The first-order valence-electron chi connectivity index (χ1n) is 2.21. The average molecular weight is 152 g/mol. The molecule has 0 atom stereocenters. The van der Waals surface area contributed by atoms with Gasteiger partial charge in [-0.25, -0.2) is 0 Å². The van der Waals surface area contributed by atoms with E-state index in [2.05, 4.69) is 5.32 Å². The Hall–Kier alpha value is 0.543. The summed E-state index contributed by atoms with van der Waals surface area (Å²) in [6.07, 6.45) is 0. The van der Waals surface area contributed by atoms with Crippen molar-refractivity contribution >= 4 is 0 Å². The minimum atomic E-state index is 0. The Morgan fingerprint density at radius 2 is 1.71 bits per heavy atom. The second-order valence-corrected chi connectivity index (χ2v) is 1.28. The molecule has 1 aliphatic rings. The predicted octanol–water partition coefficient (Wildman–Crippen LogP) is 0.388. The van der Waals surface area contributed by atoms with Crippen LogP contribution in [0.1, 0.15) is 0 Å². The summed E-state index contributed by atoms with van der Waals surface area (Å²) in [5.74, 6) is 0. The molecule has 0 bridgehead atoms. The Labute approximate surface area is 56.4 Å². The van der Waals surface area contributed by atoms with E-state index in [0.717, 1.165) is 26.3 Å². The first-order valence-corrected chi connectivity index (χ1v) is 2.21. The van der Waals surface area contributed by atoms with E-state index in [4.69, 9.17) is 4.74 Å². The van der Waals surface area contributed by atoms with Gasteiger partial charge < -0.3 is 10.1 Å². The monoisotopic (exact) mass is 150 g/mol. The van der Waals surface area contributed by atoms with Crippen LogP contribution in [-0.4, -0.2) is 26.3 Å². The van der Waals surface area contributed by atoms with Gasteiger partial charge in [0.1, 0.15) is 0 Å². The van der Waals surface area contributed by atoms with Crippen molar-refractivity contribution in [3.05, 3.63) is 5.32 Å². The minimum Gasteiger partial charge on any atom is -0.659 e. The van der Waals surface area contributed by atoms with Crippen molar-refractivity contribution in [1.82, 2.24) is 0 Å². The number of morpholine rings is 1. The molecule has 2 nitrogen and oxygen atoms in total. The Kier molecular flexibility index (Phi) is 5.06. The van der Waals surface area contributed by atoms with Crippen molar-refractivity contribution in [2.45, 2.75) is 0 Å². The molecule has 1 aliphatic heterocycles. The van der Waals surface area contributed by atoms with E-state index in [1.807, 2.05) is 0 Å². The maximum absolute atomic E-state index is 4.98. The fourth-order valence-electron chi connectivity index (χ4n) is 0.472. The summed E-state index contributed by atoms with van der Waals surface area (Å²) >= 11 is 0. The van der Waals surface area contributed by atoms with Crippen LogP contribution in [0.25, 0.3) is 5.32 Å². The number of ether oxygens (including phenoxy) is 1. The molecule has 0 aromatic carbocycles. The Morgan fingerprint density at radius 3 is 1.86 bits per heavy atom. The van der Waals surface area contributed by atoms with Crippen molar-refractivity contribution in [3.8, 4) is 0 Å². The summed E-state index contributed by atoms with van der Waals surface area (Å²) in [4.78, 5) is 0. The molecule has 0 aromatic rings. The summed E-state index contributed by atoms with van der Waals surface area (Å²) in [6, 6.07) is 0. The van der Waals surface area contributed by atoms with E-state index >= 15 is 0 Å².